The molecule has 0 radical (unpaired) electrons. The van der Waals surface area contributed by atoms with Crippen LogP contribution in [0.25, 0.3) is 0 Å². The van der Waals surface area contributed by atoms with Gasteiger partial charge in [-0.2, -0.15) is 0 Å². The zero-order valence-electron chi connectivity index (χ0n) is 11.7. The molecule has 114 valence electrons. The maximum atomic E-state index is 13.5. The molecule has 22 heavy (non-hydrogen) atoms. The summed E-state index contributed by atoms with van der Waals surface area (Å²) >= 11 is 0. The number of carbonyl (C=O) groups excluding carboxylic acids is 2. The first-order valence-electron chi connectivity index (χ1n) is 6.42. The summed E-state index contributed by atoms with van der Waals surface area (Å²) in [5.41, 5.74) is 0.262. The van der Waals surface area contributed by atoms with Crippen molar-refractivity contribution in [1.29, 1.82) is 0 Å². The van der Waals surface area contributed by atoms with Crippen molar-refractivity contribution in [3.63, 3.8) is 0 Å². The quantitative estimate of drug-likeness (QED) is 0.911. The molecule has 0 bridgehead atoms. The molecule has 2 aromatic rings. The zero-order chi connectivity index (χ0) is 16.1. The van der Waals surface area contributed by atoms with Crippen LogP contribution in [0.5, 0.6) is 0 Å². The molecule has 2 amide bonds. The molecule has 0 saturated heterocycles. The largest absolute Gasteiger partial charge is 0.323 e. The monoisotopic (exact) mass is 305 g/mol. The number of hydrogen-bond donors (Lipinski definition) is 2. The Labute approximate surface area is 125 Å². The topological polar surface area (TPSA) is 71.1 Å². The van der Waals surface area contributed by atoms with Crippen molar-refractivity contribution in [3.05, 3.63) is 53.7 Å². The van der Waals surface area contributed by atoms with E-state index in [4.69, 9.17) is 0 Å². The van der Waals surface area contributed by atoms with E-state index in [0.29, 0.717) is 5.69 Å². The summed E-state index contributed by atoms with van der Waals surface area (Å²) in [4.78, 5) is 27.0. The SMILES string of the molecule is CC(=O)Nc1cccnc1NC(=O)Cc1cccc(F)c1F. The molecule has 0 aliphatic carbocycles. The Morgan fingerprint density at radius 3 is 2.64 bits per heavy atom. The van der Waals surface area contributed by atoms with Gasteiger partial charge in [0, 0.05) is 18.7 Å². The highest BCUT2D eigenvalue weighted by Crippen LogP contribution is 2.18. The summed E-state index contributed by atoms with van der Waals surface area (Å²) in [5, 5.41) is 4.97. The van der Waals surface area contributed by atoms with E-state index in [1.54, 1.807) is 12.1 Å². The molecule has 5 nitrogen and oxygen atoms in total. The number of aromatic nitrogens is 1. The smallest absolute Gasteiger partial charge is 0.230 e. The summed E-state index contributed by atoms with van der Waals surface area (Å²) in [5.74, 6) is -2.82. The zero-order valence-corrected chi connectivity index (χ0v) is 11.7. The highest BCUT2D eigenvalue weighted by molar-refractivity contribution is 5.98. The molecule has 0 unspecified atom stereocenters. The van der Waals surface area contributed by atoms with E-state index in [2.05, 4.69) is 15.6 Å². The number of rotatable bonds is 4. The fraction of sp³-hybridized carbons (Fsp3) is 0.133. The lowest BCUT2D eigenvalue weighted by atomic mass is 10.1. The number of halogens is 2. The van der Waals surface area contributed by atoms with Crippen molar-refractivity contribution >= 4 is 23.3 Å². The maximum Gasteiger partial charge on any atom is 0.230 e. The molecule has 0 saturated carbocycles. The van der Waals surface area contributed by atoms with Crippen molar-refractivity contribution in [3.8, 4) is 0 Å². The minimum Gasteiger partial charge on any atom is -0.323 e. The Morgan fingerprint density at radius 2 is 1.91 bits per heavy atom. The Bertz CT molecular complexity index is 720. The molecule has 1 heterocycles. The van der Waals surface area contributed by atoms with Gasteiger partial charge in [-0.05, 0) is 18.2 Å². The molecule has 2 N–H and O–H groups in total. The third-order valence-electron chi connectivity index (χ3n) is 2.76. The minimum atomic E-state index is -1.05. The van der Waals surface area contributed by atoms with E-state index < -0.39 is 17.5 Å². The molecule has 7 heteroatoms. The lowest BCUT2D eigenvalue weighted by Crippen LogP contribution is -2.18. The normalized spacial score (nSPS) is 10.1. The molecule has 2 rings (SSSR count). The summed E-state index contributed by atoms with van der Waals surface area (Å²) in [7, 11) is 0. The van der Waals surface area contributed by atoms with Crippen molar-refractivity contribution in [2.75, 3.05) is 10.6 Å². The van der Waals surface area contributed by atoms with Gasteiger partial charge in [0.1, 0.15) is 0 Å². The molecule has 0 aliphatic rings. The summed E-state index contributed by atoms with van der Waals surface area (Å²) in [6, 6.07) is 6.78. The summed E-state index contributed by atoms with van der Waals surface area (Å²) in [6.45, 7) is 1.32. The third kappa shape index (κ3) is 3.85. The van der Waals surface area contributed by atoms with Crippen LogP contribution in [0.1, 0.15) is 12.5 Å². The van der Waals surface area contributed by atoms with Gasteiger partial charge in [0.25, 0.3) is 0 Å². The Balaban J connectivity index is 2.12. The van der Waals surface area contributed by atoms with Crippen LogP contribution in [0.3, 0.4) is 0 Å². The second kappa shape index (κ2) is 6.75. The number of carbonyl (C=O) groups is 2. The lowest BCUT2D eigenvalue weighted by molar-refractivity contribution is -0.116. The first-order chi connectivity index (χ1) is 10.5. The van der Waals surface area contributed by atoms with E-state index in [-0.39, 0.29) is 23.7 Å². The van der Waals surface area contributed by atoms with Gasteiger partial charge in [-0.1, -0.05) is 12.1 Å². The van der Waals surface area contributed by atoms with Crippen LogP contribution in [-0.2, 0) is 16.0 Å². The maximum absolute atomic E-state index is 13.5. The van der Waals surface area contributed by atoms with Crippen LogP contribution in [0.2, 0.25) is 0 Å². The predicted molar refractivity (Wildman–Crippen MR) is 77.2 cm³/mol. The van der Waals surface area contributed by atoms with E-state index >= 15 is 0 Å². The van der Waals surface area contributed by atoms with Gasteiger partial charge >= 0.3 is 0 Å². The van der Waals surface area contributed by atoms with Crippen LogP contribution < -0.4 is 10.6 Å². The third-order valence-corrected chi connectivity index (χ3v) is 2.76. The second-order valence-electron chi connectivity index (χ2n) is 4.52. The Hall–Kier alpha value is -2.83. The van der Waals surface area contributed by atoms with Gasteiger partial charge < -0.3 is 10.6 Å². The van der Waals surface area contributed by atoms with Crippen LogP contribution in [-0.4, -0.2) is 16.8 Å². The molecule has 1 aromatic carbocycles. The summed E-state index contributed by atoms with van der Waals surface area (Å²) < 4.78 is 26.6. The number of hydrogen-bond acceptors (Lipinski definition) is 3. The number of benzene rings is 1. The van der Waals surface area contributed by atoms with Gasteiger partial charge in [-0.25, -0.2) is 13.8 Å². The molecule has 0 spiro atoms. The van der Waals surface area contributed by atoms with E-state index in [1.807, 2.05) is 0 Å². The van der Waals surface area contributed by atoms with Crippen molar-refractivity contribution in [1.82, 2.24) is 4.98 Å². The van der Waals surface area contributed by atoms with Gasteiger partial charge in [0.2, 0.25) is 11.8 Å². The van der Waals surface area contributed by atoms with Crippen molar-refractivity contribution < 1.29 is 18.4 Å². The second-order valence-corrected chi connectivity index (χ2v) is 4.52. The molecule has 0 aliphatic heterocycles. The lowest BCUT2D eigenvalue weighted by Gasteiger charge is -2.10. The predicted octanol–water partition coefficient (Wildman–Crippen LogP) is 2.50. The molecular formula is C15H13F2N3O2. The average molecular weight is 305 g/mol. The minimum absolute atomic E-state index is 0.0606. The van der Waals surface area contributed by atoms with Crippen molar-refractivity contribution in [2.24, 2.45) is 0 Å². The highest BCUT2D eigenvalue weighted by Gasteiger charge is 2.14. The molecule has 0 fully saturated rings. The Morgan fingerprint density at radius 1 is 1.14 bits per heavy atom. The number of nitrogens with one attached hydrogen (secondary N) is 2. The van der Waals surface area contributed by atoms with Crippen LogP contribution in [0.15, 0.2) is 36.5 Å². The fourth-order valence-corrected chi connectivity index (χ4v) is 1.83. The van der Waals surface area contributed by atoms with Gasteiger partial charge in [0.15, 0.2) is 17.5 Å². The number of anilines is 2. The first-order valence-corrected chi connectivity index (χ1v) is 6.42. The van der Waals surface area contributed by atoms with Crippen LogP contribution in [0.4, 0.5) is 20.3 Å². The number of pyridine rings is 1. The highest BCUT2D eigenvalue weighted by atomic mass is 19.2. The van der Waals surface area contributed by atoms with Gasteiger partial charge in [-0.3, -0.25) is 9.59 Å². The van der Waals surface area contributed by atoms with Crippen LogP contribution in [0, 0.1) is 11.6 Å². The average Bonchev–Trinajstić information content (AvgIpc) is 2.45. The van der Waals surface area contributed by atoms with E-state index in [9.17, 15) is 18.4 Å². The Kier molecular flexibility index (Phi) is 4.77. The van der Waals surface area contributed by atoms with Crippen molar-refractivity contribution in [2.45, 2.75) is 13.3 Å². The first kappa shape index (κ1) is 15.6. The molecule has 0 atom stereocenters. The number of nitrogens with zero attached hydrogens (tertiary/aromatic N) is 1. The number of amides is 2. The summed E-state index contributed by atoms with van der Waals surface area (Å²) in [6.07, 6.45) is 1.09. The van der Waals surface area contributed by atoms with Crippen LogP contribution >= 0.6 is 0 Å². The molecular weight excluding hydrogens is 292 g/mol. The fourth-order valence-electron chi connectivity index (χ4n) is 1.83. The van der Waals surface area contributed by atoms with Gasteiger partial charge in [0.05, 0.1) is 12.1 Å². The van der Waals surface area contributed by atoms with E-state index in [1.165, 1.54) is 25.3 Å². The van der Waals surface area contributed by atoms with E-state index in [0.717, 1.165) is 6.07 Å². The van der Waals surface area contributed by atoms with Gasteiger partial charge in [-0.15, -0.1) is 0 Å². The standard InChI is InChI=1S/C15H13F2N3O2/c1-9(21)19-12-6-3-7-18-15(12)20-13(22)8-10-4-2-5-11(16)14(10)17/h2-7H,8H2,1H3,(H,19,21)(H,18,20,22). The molecule has 1 aromatic heterocycles.